The Labute approximate surface area is 195 Å². The lowest BCUT2D eigenvalue weighted by molar-refractivity contribution is 0.0515. The highest BCUT2D eigenvalue weighted by Crippen LogP contribution is 2.41. The highest BCUT2D eigenvalue weighted by molar-refractivity contribution is 7.17. The van der Waals surface area contributed by atoms with Crippen molar-refractivity contribution < 1.29 is 14.3 Å². The number of hydrogen-bond donors (Lipinski definition) is 0. The Morgan fingerprint density at radius 3 is 2.56 bits per heavy atom. The van der Waals surface area contributed by atoms with E-state index in [2.05, 4.69) is 35.0 Å². The van der Waals surface area contributed by atoms with Crippen LogP contribution >= 0.6 is 11.3 Å². The lowest BCUT2D eigenvalue weighted by atomic mass is 9.73. The SMILES string of the molecule is CCOC(=O)c1nc2sc3c(n2c1CN1CCN(CCOC)CC1)CCC(C(C)(C)C)C3. The summed E-state index contributed by atoms with van der Waals surface area (Å²) in [6.07, 6.45) is 3.35. The van der Waals surface area contributed by atoms with E-state index >= 15 is 0 Å². The van der Waals surface area contributed by atoms with Crippen molar-refractivity contribution in [1.82, 2.24) is 19.2 Å². The number of carbonyl (C=O) groups is 1. The second-order valence-electron chi connectivity index (χ2n) is 10.1. The molecule has 4 rings (SSSR count). The predicted octanol–water partition coefficient (Wildman–Crippen LogP) is 3.49. The first-order valence-electron chi connectivity index (χ1n) is 11.9. The van der Waals surface area contributed by atoms with E-state index in [1.165, 1.54) is 17.0 Å². The predicted molar refractivity (Wildman–Crippen MR) is 128 cm³/mol. The number of methoxy groups -OCH3 is 1. The number of nitrogens with zero attached hydrogens (tertiary/aromatic N) is 4. The Kier molecular flexibility index (Phi) is 7.24. The number of imidazole rings is 1. The summed E-state index contributed by atoms with van der Waals surface area (Å²) in [5, 5.41) is 0. The molecule has 0 N–H and O–H groups in total. The highest BCUT2D eigenvalue weighted by Gasteiger charge is 2.33. The number of fused-ring (bicyclic) bond motifs is 3. The molecule has 3 heterocycles. The van der Waals surface area contributed by atoms with Gasteiger partial charge in [0.05, 0.1) is 18.9 Å². The maximum absolute atomic E-state index is 12.8. The molecule has 0 aromatic carbocycles. The Balaban J connectivity index is 1.60. The Morgan fingerprint density at radius 2 is 1.91 bits per heavy atom. The van der Waals surface area contributed by atoms with E-state index in [0.717, 1.165) is 69.4 Å². The van der Waals surface area contributed by atoms with Crippen LogP contribution in [0.1, 0.15) is 60.9 Å². The maximum Gasteiger partial charge on any atom is 0.358 e. The quantitative estimate of drug-likeness (QED) is 0.587. The fourth-order valence-corrected chi connectivity index (χ4v) is 6.24. The standard InChI is InChI=1S/C24H38N4O3S/c1-6-31-22(29)21-19(16-27-11-9-26(10-12-27)13-14-30-5)28-18-8-7-17(24(2,3)4)15-20(18)32-23(28)25-21/h17H,6-16H2,1-5H3. The summed E-state index contributed by atoms with van der Waals surface area (Å²) in [5.74, 6) is 0.390. The molecule has 1 aliphatic carbocycles. The first-order valence-corrected chi connectivity index (χ1v) is 12.8. The van der Waals surface area contributed by atoms with E-state index in [1.807, 2.05) is 6.92 Å². The first kappa shape index (κ1) is 23.7. The van der Waals surface area contributed by atoms with Gasteiger partial charge in [0.15, 0.2) is 10.7 Å². The van der Waals surface area contributed by atoms with Gasteiger partial charge in [0, 0.05) is 56.9 Å². The van der Waals surface area contributed by atoms with Crippen LogP contribution in [0.25, 0.3) is 4.96 Å². The van der Waals surface area contributed by atoms with Gasteiger partial charge in [0.25, 0.3) is 0 Å². The molecule has 7 nitrogen and oxygen atoms in total. The molecule has 0 bridgehead atoms. The Bertz CT molecular complexity index is 937. The van der Waals surface area contributed by atoms with Gasteiger partial charge < -0.3 is 9.47 Å². The second-order valence-corrected chi connectivity index (χ2v) is 11.2. The number of hydrogen-bond acceptors (Lipinski definition) is 7. The van der Waals surface area contributed by atoms with Gasteiger partial charge in [-0.25, -0.2) is 9.78 Å². The number of carbonyl (C=O) groups excluding carboxylic acids is 1. The fourth-order valence-electron chi connectivity index (χ4n) is 4.97. The minimum Gasteiger partial charge on any atom is -0.461 e. The van der Waals surface area contributed by atoms with Gasteiger partial charge in [0.1, 0.15) is 0 Å². The van der Waals surface area contributed by atoms with Crippen molar-refractivity contribution in [3.05, 3.63) is 22.0 Å². The second kappa shape index (κ2) is 9.79. The minimum absolute atomic E-state index is 0.297. The molecule has 1 aliphatic heterocycles. The first-order chi connectivity index (χ1) is 15.3. The monoisotopic (exact) mass is 462 g/mol. The highest BCUT2D eigenvalue weighted by atomic mass is 32.1. The van der Waals surface area contributed by atoms with Crippen LogP contribution in [0.2, 0.25) is 0 Å². The third-order valence-electron chi connectivity index (χ3n) is 7.05. The Hall–Kier alpha value is -1.48. The van der Waals surface area contributed by atoms with E-state index in [9.17, 15) is 4.79 Å². The fraction of sp³-hybridized carbons (Fsp3) is 0.750. The molecule has 2 aromatic rings. The summed E-state index contributed by atoms with van der Waals surface area (Å²) in [4.78, 5) is 24.8. The van der Waals surface area contributed by atoms with E-state index in [1.54, 1.807) is 18.4 Å². The molecule has 0 saturated carbocycles. The lowest BCUT2D eigenvalue weighted by Crippen LogP contribution is -2.47. The van der Waals surface area contributed by atoms with Gasteiger partial charge >= 0.3 is 5.97 Å². The van der Waals surface area contributed by atoms with Crippen molar-refractivity contribution in [2.45, 2.75) is 53.5 Å². The van der Waals surface area contributed by atoms with E-state index in [-0.39, 0.29) is 5.97 Å². The number of piperazine rings is 1. The molecule has 0 spiro atoms. The van der Waals surface area contributed by atoms with Crippen molar-refractivity contribution in [3.63, 3.8) is 0 Å². The van der Waals surface area contributed by atoms with Gasteiger partial charge in [-0.2, -0.15) is 0 Å². The normalized spacial score (nSPS) is 20.6. The molecule has 32 heavy (non-hydrogen) atoms. The van der Waals surface area contributed by atoms with Crippen LogP contribution in [0.3, 0.4) is 0 Å². The van der Waals surface area contributed by atoms with Crippen LogP contribution in [0.15, 0.2) is 0 Å². The molecule has 1 unspecified atom stereocenters. The minimum atomic E-state index is -0.297. The molecule has 0 amide bonds. The average Bonchev–Trinajstić information content (AvgIpc) is 3.29. The molecule has 1 saturated heterocycles. The van der Waals surface area contributed by atoms with Crippen molar-refractivity contribution in [1.29, 1.82) is 0 Å². The summed E-state index contributed by atoms with van der Waals surface area (Å²) in [7, 11) is 1.75. The third-order valence-corrected chi connectivity index (χ3v) is 8.16. The number of esters is 1. The molecule has 2 aromatic heterocycles. The van der Waals surface area contributed by atoms with Crippen molar-refractivity contribution in [3.8, 4) is 0 Å². The zero-order valence-electron chi connectivity index (χ0n) is 20.3. The number of rotatable bonds is 7. The van der Waals surface area contributed by atoms with Crippen LogP contribution in [0.4, 0.5) is 0 Å². The molecular formula is C24H38N4O3S. The van der Waals surface area contributed by atoms with Crippen LogP contribution in [0, 0.1) is 11.3 Å². The van der Waals surface area contributed by atoms with Crippen molar-refractivity contribution in [2.75, 3.05) is 53.0 Å². The average molecular weight is 463 g/mol. The topological polar surface area (TPSA) is 59.3 Å². The summed E-state index contributed by atoms with van der Waals surface area (Å²) in [5.41, 5.74) is 3.18. The van der Waals surface area contributed by atoms with Crippen molar-refractivity contribution in [2.24, 2.45) is 11.3 Å². The molecule has 2 aliphatic rings. The zero-order chi connectivity index (χ0) is 22.9. The summed E-state index contributed by atoms with van der Waals surface area (Å²) >= 11 is 1.77. The van der Waals surface area contributed by atoms with Crippen LogP contribution in [0.5, 0.6) is 0 Å². The largest absolute Gasteiger partial charge is 0.461 e. The smallest absolute Gasteiger partial charge is 0.358 e. The van der Waals surface area contributed by atoms with E-state index in [4.69, 9.17) is 14.5 Å². The van der Waals surface area contributed by atoms with Gasteiger partial charge in [-0.15, -0.1) is 11.3 Å². The van der Waals surface area contributed by atoms with Crippen LogP contribution in [-0.2, 0) is 28.9 Å². The van der Waals surface area contributed by atoms with Gasteiger partial charge in [0.2, 0.25) is 0 Å². The number of ether oxygens (including phenoxy) is 2. The molecule has 178 valence electrons. The van der Waals surface area contributed by atoms with Gasteiger partial charge in [-0.05, 0) is 37.5 Å². The molecular weight excluding hydrogens is 424 g/mol. The van der Waals surface area contributed by atoms with Crippen LogP contribution < -0.4 is 0 Å². The number of aromatic nitrogens is 2. The van der Waals surface area contributed by atoms with E-state index in [0.29, 0.717) is 23.6 Å². The molecule has 1 atom stereocenters. The summed E-state index contributed by atoms with van der Waals surface area (Å²) < 4.78 is 12.9. The maximum atomic E-state index is 12.8. The molecule has 0 radical (unpaired) electrons. The van der Waals surface area contributed by atoms with Gasteiger partial charge in [-0.1, -0.05) is 20.8 Å². The molecule has 1 fully saturated rings. The van der Waals surface area contributed by atoms with Crippen LogP contribution in [-0.4, -0.2) is 78.2 Å². The Morgan fingerprint density at radius 1 is 1.19 bits per heavy atom. The summed E-state index contributed by atoms with van der Waals surface area (Å²) in [6.45, 7) is 15.7. The van der Waals surface area contributed by atoms with Gasteiger partial charge in [-0.3, -0.25) is 14.2 Å². The number of thiazole rings is 1. The lowest BCUT2D eigenvalue weighted by Gasteiger charge is -2.35. The van der Waals surface area contributed by atoms with E-state index < -0.39 is 0 Å². The third kappa shape index (κ3) is 4.88. The summed E-state index contributed by atoms with van der Waals surface area (Å²) in [6, 6.07) is 0. The molecule has 8 heteroatoms. The zero-order valence-corrected chi connectivity index (χ0v) is 21.1. The number of aryl methyl sites for hydroxylation is 1. The van der Waals surface area contributed by atoms with Crippen molar-refractivity contribution >= 4 is 22.3 Å².